The number of piperidine rings is 1. The summed E-state index contributed by atoms with van der Waals surface area (Å²) in [5.41, 5.74) is 0.218. The number of aliphatic hydroxyl groups is 1. The van der Waals surface area contributed by atoms with E-state index < -0.39 is 5.60 Å². The molecule has 3 aliphatic heterocycles. The van der Waals surface area contributed by atoms with Gasteiger partial charge in [0.25, 0.3) is 5.56 Å². The minimum Gasteiger partial charge on any atom is -0.388 e. The molecule has 3 saturated heterocycles. The maximum Gasteiger partial charge on any atom is 0.255 e. The highest BCUT2D eigenvalue weighted by atomic mass is 16.5. The number of nitrogens with zero attached hydrogens (tertiary/aromatic N) is 4. The Kier molecular flexibility index (Phi) is 6.20. The molecule has 5 rings (SSSR count). The zero-order chi connectivity index (χ0) is 23.8. The van der Waals surface area contributed by atoms with E-state index in [0.29, 0.717) is 38.2 Å². The molecule has 1 amide bonds. The van der Waals surface area contributed by atoms with Gasteiger partial charge in [-0.3, -0.25) is 14.2 Å². The van der Waals surface area contributed by atoms with Crippen molar-refractivity contribution in [3.05, 3.63) is 58.6 Å². The summed E-state index contributed by atoms with van der Waals surface area (Å²) < 4.78 is 6.88. The van der Waals surface area contributed by atoms with Crippen molar-refractivity contribution in [1.29, 1.82) is 0 Å². The highest BCUT2D eigenvalue weighted by Gasteiger charge is 2.45. The van der Waals surface area contributed by atoms with E-state index in [-0.39, 0.29) is 29.3 Å². The number of likely N-dealkylation sites (tertiary alicyclic amines) is 1. The van der Waals surface area contributed by atoms with Gasteiger partial charge in [-0.1, -0.05) is 37.3 Å². The molecule has 34 heavy (non-hydrogen) atoms. The van der Waals surface area contributed by atoms with Crippen molar-refractivity contribution in [1.82, 2.24) is 14.5 Å². The number of ether oxygens (including phenoxy) is 1. The van der Waals surface area contributed by atoms with Gasteiger partial charge < -0.3 is 19.6 Å². The van der Waals surface area contributed by atoms with Crippen LogP contribution < -0.4 is 10.5 Å². The van der Waals surface area contributed by atoms with Crippen molar-refractivity contribution >= 4 is 11.7 Å². The molecular formula is C26H34N4O4. The molecule has 1 aromatic heterocycles. The van der Waals surface area contributed by atoms with Crippen LogP contribution in [0.15, 0.2) is 47.5 Å². The van der Waals surface area contributed by atoms with Crippen LogP contribution in [0.5, 0.6) is 0 Å². The number of anilines is 1. The van der Waals surface area contributed by atoms with Crippen LogP contribution in [0.25, 0.3) is 0 Å². The first-order valence-electron chi connectivity index (χ1n) is 12.3. The Morgan fingerprint density at radius 3 is 2.50 bits per heavy atom. The first-order valence-corrected chi connectivity index (χ1v) is 12.3. The lowest BCUT2D eigenvalue weighted by atomic mass is 9.85. The topological polar surface area (TPSA) is 87.9 Å². The van der Waals surface area contributed by atoms with E-state index in [1.165, 1.54) is 4.57 Å². The highest BCUT2D eigenvalue weighted by molar-refractivity contribution is 5.77. The van der Waals surface area contributed by atoms with Crippen LogP contribution in [-0.2, 0) is 16.1 Å². The van der Waals surface area contributed by atoms with Crippen molar-refractivity contribution in [3.63, 3.8) is 0 Å². The second-order valence-corrected chi connectivity index (χ2v) is 10.5. The molecule has 3 fully saturated rings. The summed E-state index contributed by atoms with van der Waals surface area (Å²) >= 11 is 0. The zero-order valence-electron chi connectivity index (χ0n) is 19.9. The molecule has 2 aromatic rings. The van der Waals surface area contributed by atoms with Crippen molar-refractivity contribution in [2.75, 3.05) is 44.3 Å². The highest BCUT2D eigenvalue weighted by Crippen LogP contribution is 2.38. The van der Waals surface area contributed by atoms with Gasteiger partial charge in [0.2, 0.25) is 5.91 Å². The lowest BCUT2D eigenvalue weighted by molar-refractivity contribution is -0.136. The molecule has 0 aliphatic carbocycles. The van der Waals surface area contributed by atoms with E-state index in [9.17, 15) is 14.7 Å². The fourth-order valence-corrected chi connectivity index (χ4v) is 5.40. The van der Waals surface area contributed by atoms with Crippen LogP contribution >= 0.6 is 0 Å². The lowest BCUT2D eigenvalue weighted by Crippen LogP contribution is -2.49. The third kappa shape index (κ3) is 4.74. The van der Waals surface area contributed by atoms with E-state index in [1.54, 1.807) is 12.4 Å². The average molecular weight is 467 g/mol. The Labute approximate surface area is 200 Å². The number of benzene rings is 1. The molecule has 4 heterocycles. The Morgan fingerprint density at radius 2 is 1.88 bits per heavy atom. The number of aromatic nitrogens is 2. The standard InChI is InChI=1S/C26H34N4O4/c1-20(21-5-3-2-4-6-21)13-23(31)28-11-8-26(33,9-12-28)16-30-19-27-22(14-24(30)32)29-10-7-25(15-29)17-34-18-25/h2-6,14,19-20,33H,7-13,15-18H2,1H3. The van der Waals surface area contributed by atoms with Crippen molar-refractivity contribution < 1.29 is 14.6 Å². The SMILES string of the molecule is CC(CC(=O)N1CCC(O)(Cn2cnc(N3CCC4(COC4)C3)cc2=O)CC1)c1ccccc1. The molecule has 1 aromatic carbocycles. The minimum atomic E-state index is -1.02. The molecule has 1 N–H and O–H groups in total. The van der Waals surface area contributed by atoms with Crippen LogP contribution in [0.3, 0.4) is 0 Å². The molecule has 182 valence electrons. The van der Waals surface area contributed by atoms with Gasteiger partial charge in [0.15, 0.2) is 0 Å². The van der Waals surface area contributed by atoms with Gasteiger partial charge in [-0.25, -0.2) is 4.98 Å². The number of carbonyl (C=O) groups excluding carboxylic acids is 1. The number of hydrogen-bond acceptors (Lipinski definition) is 6. The van der Waals surface area contributed by atoms with Crippen molar-refractivity contribution in [2.24, 2.45) is 5.41 Å². The number of rotatable bonds is 6. The van der Waals surface area contributed by atoms with Gasteiger partial charge in [0.1, 0.15) is 5.82 Å². The van der Waals surface area contributed by atoms with Crippen LogP contribution in [0.2, 0.25) is 0 Å². The second kappa shape index (κ2) is 9.15. The van der Waals surface area contributed by atoms with Gasteiger partial charge in [-0.05, 0) is 30.7 Å². The van der Waals surface area contributed by atoms with Gasteiger partial charge in [-0.2, -0.15) is 0 Å². The molecule has 8 nitrogen and oxygen atoms in total. The first-order chi connectivity index (χ1) is 16.3. The third-order valence-corrected chi connectivity index (χ3v) is 7.80. The minimum absolute atomic E-state index is 0.113. The quantitative estimate of drug-likeness (QED) is 0.701. The maximum atomic E-state index is 12.8. The Morgan fingerprint density at radius 1 is 1.15 bits per heavy atom. The van der Waals surface area contributed by atoms with Crippen molar-refractivity contribution in [3.8, 4) is 0 Å². The number of hydrogen-bond donors (Lipinski definition) is 1. The largest absolute Gasteiger partial charge is 0.388 e. The lowest BCUT2D eigenvalue weighted by Gasteiger charge is -2.39. The predicted molar refractivity (Wildman–Crippen MR) is 129 cm³/mol. The molecule has 1 atom stereocenters. The molecule has 1 spiro atoms. The first kappa shape index (κ1) is 23.1. The molecule has 8 heteroatoms. The summed E-state index contributed by atoms with van der Waals surface area (Å²) in [7, 11) is 0. The van der Waals surface area contributed by atoms with E-state index in [4.69, 9.17) is 4.74 Å². The predicted octanol–water partition coefficient (Wildman–Crippen LogP) is 2.02. The Balaban J connectivity index is 1.15. The molecule has 0 saturated carbocycles. The molecule has 1 unspecified atom stereocenters. The Bertz CT molecular complexity index is 1070. The van der Waals surface area contributed by atoms with Crippen molar-refractivity contribution in [2.45, 2.75) is 50.7 Å². The van der Waals surface area contributed by atoms with Gasteiger partial charge in [0.05, 0.1) is 31.7 Å². The summed E-state index contributed by atoms with van der Waals surface area (Å²) in [5, 5.41) is 11.1. The van der Waals surface area contributed by atoms with Gasteiger partial charge in [-0.15, -0.1) is 0 Å². The normalized spacial score (nSPS) is 21.9. The molecule has 0 radical (unpaired) electrons. The molecule has 0 bridgehead atoms. The second-order valence-electron chi connectivity index (χ2n) is 10.5. The summed E-state index contributed by atoms with van der Waals surface area (Å²) in [5.74, 6) is 0.965. The van der Waals surface area contributed by atoms with Gasteiger partial charge in [0, 0.05) is 44.1 Å². The van der Waals surface area contributed by atoms with Gasteiger partial charge >= 0.3 is 0 Å². The average Bonchev–Trinajstić information content (AvgIpc) is 3.28. The van der Waals surface area contributed by atoms with E-state index in [0.717, 1.165) is 38.3 Å². The third-order valence-electron chi connectivity index (χ3n) is 7.80. The van der Waals surface area contributed by atoms with Crippen LogP contribution in [0.4, 0.5) is 5.82 Å². The number of carbonyl (C=O) groups is 1. The molecular weight excluding hydrogens is 432 g/mol. The van der Waals surface area contributed by atoms with Crippen LogP contribution in [-0.4, -0.2) is 70.5 Å². The number of amides is 1. The monoisotopic (exact) mass is 466 g/mol. The van der Waals surface area contributed by atoms with E-state index in [2.05, 4.69) is 16.8 Å². The zero-order valence-corrected chi connectivity index (χ0v) is 19.9. The maximum absolute atomic E-state index is 12.8. The van der Waals surface area contributed by atoms with E-state index >= 15 is 0 Å². The van der Waals surface area contributed by atoms with Crippen LogP contribution in [0, 0.1) is 5.41 Å². The summed E-state index contributed by atoms with van der Waals surface area (Å²) in [6, 6.07) is 11.6. The smallest absolute Gasteiger partial charge is 0.255 e. The summed E-state index contributed by atoms with van der Waals surface area (Å²) in [6.45, 7) is 6.59. The Hall–Kier alpha value is -2.71. The molecule has 3 aliphatic rings. The summed E-state index contributed by atoms with van der Waals surface area (Å²) in [6.07, 6.45) is 3.97. The van der Waals surface area contributed by atoms with E-state index in [1.807, 2.05) is 35.2 Å². The van der Waals surface area contributed by atoms with Crippen LogP contribution in [0.1, 0.15) is 44.1 Å². The summed E-state index contributed by atoms with van der Waals surface area (Å²) in [4.78, 5) is 34.1. The fourth-order valence-electron chi connectivity index (χ4n) is 5.40. The fraction of sp³-hybridized carbons (Fsp3) is 0.577.